The normalized spacial score (nSPS) is 11.2. The van der Waals surface area contributed by atoms with E-state index in [1.807, 2.05) is 35.0 Å². The van der Waals surface area contributed by atoms with Crippen molar-refractivity contribution in [2.45, 2.75) is 40.0 Å². The van der Waals surface area contributed by atoms with Gasteiger partial charge >= 0.3 is 0 Å². The fraction of sp³-hybridized carbons (Fsp3) is 0.438. The molecule has 1 aromatic carbocycles. The summed E-state index contributed by atoms with van der Waals surface area (Å²) < 4.78 is 1.89. The van der Waals surface area contributed by atoms with Crippen molar-refractivity contribution in [2.75, 3.05) is 0 Å². The first-order valence-corrected chi connectivity index (χ1v) is 6.98. The lowest BCUT2D eigenvalue weighted by molar-refractivity contribution is 0.454. The fourth-order valence-corrected chi connectivity index (χ4v) is 2.25. The Morgan fingerprint density at radius 1 is 1.21 bits per heavy atom. The van der Waals surface area contributed by atoms with Crippen LogP contribution in [0.3, 0.4) is 0 Å². The third-order valence-electron chi connectivity index (χ3n) is 3.11. The molecular formula is C16H22N2O. The first-order valence-electron chi connectivity index (χ1n) is 6.98. The van der Waals surface area contributed by atoms with Gasteiger partial charge in [0.05, 0.1) is 11.4 Å². The van der Waals surface area contributed by atoms with E-state index in [0.717, 1.165) is 36.3 Å². The van der Waals surface area contributed by atoms with Crippen LogP contribution in [0.15, 0.2) is 30.3 Å². The van der Waals surface area contributed by atoms with Crippen LogP contribution in [0.5, 0.6) is 5.75 Å². The molecule has 0 saturated heterocycles. The van der Waals surface area contributed by atoms with E-state index in [1.54, 1.807) is 0 Å². The molecule has 3 nitrogen and oxygen atoms in total. The minimum Gasteiger partial charge on any atom is -0.504 e. The number of aromatic nitrogens is 2. The Labute approximate surface area is 114 Å². The number of nitrogens with zero attached hydrogens (tertiary/aromatic N) is 2. The second-order valence-corrected chi connectivity index (χ2v) is 5.34. The Morgan fingerprint density at radius 2 is 1.89 bits per heavy atom. The smallest absolute Gasteiger partial charge is 0.160 e. The van der Waals surface area contributed by atoms with E-state index in [1.165, 1.54) is 0 Å². The van der Waals surface area contributed by atoms with Gasteiger partial charge in [0.25, 0.3) is 0 Å². The standard InChI is InChI=1S/C16H22N2O/c1-4-8-14-16(19)15(11-12(2)3)18(17-14)13-9-6-5-7-10-13/h5-7,9-10,12,19H,4,8,11H2,1-3H3. The number of hydrogen-bond donors (Lipinski definition) is 1. The number of aromatic hydroxyl groups is 1. The first-order chi connectivity index (χ1) is 9.13. The summed E-state index contributed by atoms with van der Waals surface area (Å²) in [5.74, 6) is 0.860. The molecule has 0 aliphatic carbocycles. The molecule has 0 atom stereocenters. The summed E-state index contributed by atoms with van der Waals surface area (Å²) in [7, 11) is 0. The molecule has 0 aliphatic rings. The lowest BCUT2D eigenvalue weighted by atomic mass is 10.1. The highest BCUT2D eigenvalue weighted by Gasteiger charge is 2.18. The lowest BCUT2D eigenvalue weighted by Crippen LogP contribution is -2.05. The van der Waals surface area contributed by atoms with Gasteiger partial charge in [-0.25, -0.2) is 4.68 Å². The average Bonchev–Trinajstić information content (AvgIpc) is 2.69. The summed E-state index contributed by atoms with van der Waals surface area (Å²) in [6.45, 7) is 6.41. The van der Waals surface area contributed by atoms with Gasteiger partial charge in [-0.1, -0.05) is 45.4 Å². The Morgan fingerprint density at radius 3 is 2.47 bits per heavy atom. The largest absolute Gasteiger partial charge is 0.504 e. The third-order valence-corrected chi connectivity index (χ3v) is 3.11. The van der Waals surface area contributed by atoms with E-state index in [-0.39, 0.29) is 0 Å². The highest BCUT2D eigenvalue weighted by molar-refractivity contribution is 5.41. The van der Waals surface area contributed by atoms with Crippen LogP contribution in [0.25, 0.3) is 5.69 Å². The molecule has 19 heavy (non-hydrogen) atoms. The van der Waals surface area contributed by atoms with Crippen LogP contribution >= 0.6 is 0 Å². The van der Waals surface area contributed by atoms with Crippen LogP contribution in [0.2, 0.25) is 0 Å². The molecule has 2 aromatic rings. The predicted octanol–water partition coefficient (Wildman–Crippen LogP) is 3.73. The van der Waals surface area contributed by atoms with E-state index in [4.69, 9.17) is 0 Å². The summed E-state index contributed by atoms with van der Waals surface area (Å²) in [4.78, 5) is 0. The van der Waals surface area contributed by atoms with Gasteiger partial charge < -0.3 is 5.11 Å². The Kier molecular flexibility index (Phi) is 4.25. The molecular weight excluding hydrogens is 236 g/mol. The molecule has 3 heteroatoms. The third kappa shape index (κ3) is 2.98. The predicted molar refractivity (Wildman–Crippen MR) is 77.8 cm³/mol. The maximum Gasteiger partial charge on any atom is 0.160 e. The monoisotopic (exact) mass is 258 g/mol. The van der Waals surface area contributed by atoms with Gasteiger partial charge in [0.1, 0.15) is 5.69 Å². The minimum absolute atomic E-state index is 0.374. The van der Waals surface area contributed by atoms with Gasteiger partial charge in [0.15, 0.2) is 5.75 Å². The molecule has 0 bridgehead atoms. The van der Waals surface area contributed by atoms with E-state index < -0.39 is 0 Å². The van der Waals surface area contributed by atoms with Crippen LogP contribution in [0.4, 0.5) is 0 Å². The summed E-state index contributed by atoms with van der Waals surface area (Å²) >= 11 is 0. The first kappa shape index (κ1) is 13.7. The molecule has 0 radical (unpaired) electrons. The van der Waals surface area contributed by atoms with Crippen LogP contribution < -0.4 is 0 Å². The number of aryl methyl sites for hydroxylation is 1. The highest BCUT2D eigenvalue weighted by Crippen LogP contribution is 2.28. The van der Waals surface area contributed by atoms with Crippen molar-refractivity contribution >= 4 is 0 Å². The van der Waals surface area contributed by atoms with E-state index in [2.05, 4.69) is 25.9 Å². The molecule has 0 fully saturated rings. The zero-order chi connectivity index (χ0) is 13.8. The maximum atomic E-state index is 10.4. The molecule has 0 unspecified atom stereocenters. The highest BCUT2D eigenvalue weighted by atomic mass is 16.3. The molecule has 0 saturated carbocycles. The number of rotatable bonds is 5. The van der Waals surface area contributed by atoms with Gasteiger partial charge in [-0.2, -0.15) is 5.10 Å². The van der Waals surface area contributed by atoms with E-state index in [9.17, 15) is 5.11 Å². The van der Waals surface area contributed by atoms with E-state index in [0.29, 0.717) is 11.7 Å². The molecule has 0 aliphatic heterocycles. The van der Waals surface area contributed by atoms with Crippen LogP contribution in [-0.2, 0) is 12.8 Å². The van der Waals surface area contributed by atoms with Gasteiger partial charge in [-0.05, 0) is 30.9 Å². The SMILES string of the molecule is CCCc1nn(-c2ccccc2)c(CC(C)C)c1O. The van der Waals surface area contributed by atoms with Gasteiger partial charge in [-0.15, -0.1) is 0 Å². The van der Waals surface area contributed by atoms with Crippen LogP contribution in [-0.4, -0.2) is 14.9 Å². The molecule has 0 amide bonds. The quantitative estimate of drug-likeness (QED) is 0.887. The van der Waals surface area contributed by atoms with Crippen molar-refractivity contribution in [2.24, 2.45) is 5.92 Å². The van der Waals surface area contributed by atoms with Crippen molar-refractivity contribution in [1.29, 1.82) is 0 Å². The van der Waals surface area contributed by atoms with Crippen LogP contribution in [0.1, 0.15) is 38.6 Å². The Balaban J connectivity index is 2.49. The molecule has 2 rings (SSSR count). The summed E-state index contributed by atoms with van der Waals surface area (Å²) in [6.07, 6.45) is 2.63. The zero-order valence-electron chi connectivity index (χ0n) is 11.9. The van der Waals surface area contributed by atoms with Crippen molar-refractivity contribution in [3.05, 3.63) is 41.7 Å². The summed E-state index contributed by atoms with van der Waals surface area (Å²) in [5.41, 5.74) is 2.74. The average molecular weight is 258 g/mol. The number of hydrogen-bond acceptors (Lipinski definition) is 2. The van der Waals surface area contributed by atoms with Crippen LogP contribution in [0, 0.1) is 5.92 Å². The van der Waals surface area contributed by atoms with Crippen molar-refractivity contribution in [1.82, 2.24) is 9.78 Å². The number of para-hydroxylation sites is 1. The van der Waals surface area contributed by atoms with Gasteiger partial charge in [0, 0.05) is 0 Å². The van der Waals surface area contributed by atoms with Crippen molar-refractivity contribution in [3.8, 4) is 11.4 Å². The van der Waals surface area contributed by atoms with Crippen molar-refractivity contribution < 1.29 is 5.11 Å². The summed E-state index contributed by atoms with van der Waals surface area (Å²) in [6, 6.07) is 10.0. The summed E-state index contributed by atoms with van der Waals surface area (Å²) in [5, 5.41) is 15.0. The second-order valence-electron chi connectivity index (χ2n) is 5.34. The number of benzene rings is 1. The van der Waals surface area contributed by atoms with Gasteiger partial charge in [0.2, 0.25) is 0 Å². The Bertz CT molecular complexity index is 529. The fourth-order valence-electron chi connectivity index (χ4n) is 2.25. The maximum absolute atomic E-state index is 10.4. The molecule has 102 valence electrons. The Hall–Kier alpha value is -1.77. The molecule has 0 spiro atoms. The lowest BCUT2D eigenvalue weighted by Gasteiger charge is -2.09. The second kappa shape index (κ2) is 5.91. The van der Waals surface area contributed by atoms with Crippen molar-refractivity contribution in [3.63, 3.8) is 0 Å². The zero-order valence-corrected chi connectivity index (χ0v) is 11.9. The molecule has 1 N–H and O–H groups in total. The van der Waals surface area contributed by atoms with Gasteiger partial charge in [-0.3, -0.25) is 0 Å². The van der Waals surface area contributed by atoms with E-state index >= 15 is 0 Å². The minimum atomic E-state index is 0.374. The topological polar surface area (TPSA) is 38.0 Å². The molecule has 1 heterocycles. The molecule has 1 aromatic heterocycles.